The standard InChI is InChI=1S/C29H27NO6/c1-5-36-29(34)19-11-13-22(14-12-19)30-25(20-7-6-8-23(16-20)35-4)24(27(32)28(30)33)26(31)21-10-9-17(2)18(3)15-21/h6-16,25,31H,5H2,1-4H3/b26-24-. The van der Waals surface area contributed by atoms with Gasteiger partial charge in [-0.2, -0.15) is 0 Å². The highest BCUT2D eigenvalue weighted by Crippen LogP contribution is 2.43. The number of aliphatic hydroxyl groups is 1. The molecule has 0 bridgehead atoms. The summed E-state index contributed by atoms with van der Waals surface area (Å²) in [6, 6.07) is 17.7. The number of esters is 1. The molecule has 7 heteroatoms. The third-order valence-electron chi connectivity index (χ3n) is 6.29. The Labute approximate surface area is 209 Å². The Balaban J connectivity index is 1.89. The maximum absolute atomic E-state index is 13.3. The van der Waals surface area contributed by atoms with Crippen molar-refractivity contribution >= 4 is 29.1 Å². The van der Waals surface area contributed by atoms with Crippen molar-refractivity contribution in [2.75, 3.05) is 18.6 Å². The van der Waals surface area contributed by atoms with Crippen molar-refractivity contribution in [3.63, 3.8) is 0 Å². The van der Waals surface area contributed by atoms with E-state index in [1.165, 1.54) is 12.0 Å². The molecule has 184 valence electrons. The molecule has 1 aliphatic rings. The van der Waals surface area contributed by atoms with Gasteiger partial charge in [0.1, 0.15) is 11.5 Å². The Hall–Kier alpha value is -4.39. The number of benzene rings is 3. The maximum Gasteiger partial charge on any atom is 0.338 e. The normalized spacial score (nSPS) is 16.8. The van der Waals surface area contributed by atoms with Crippen LogP contribution >= 0.6 is 0 Å². The summed E-state index contributed by atoms with van der Waals surface area (Å²) >= 11 is 0. The van der Waals surface area contributed by atoms with Crippen LogP contribution in [0.5, 0.6) is 5.75 Å². The van der Waals surface area contributed by atoms with Gasteiger partial charge in [0.25, 0.3) is 11.7 Å². The van der Waals surface area contributed by atoms with Gasteiger partial charge in [-0.05, 0) is 79.9 Å². The second-order valence-corrected chi connectivity index (χ2v) is 8.51. The number of hydrogen-bond donors (Lipinski definition) is 1. The lowest BCUT2D eigenvalue weighted by Crippen LogP contribution is -2.29. The lowest BCUT2D eigenvalue weighted by Gasteiger charge is -2.26. The summed E-state index contributed by atoms with van der Waals surface area (Å²) in [5.41, 5.74) is 3.72. The zero-order chi connectivity index (χ0) is 26.0. The summed E-state index contributed by atoms with van der Waals surface area (Å²) in [5.74, 6) is -1.77. The summed E-state index contributed by atoms with van der Waals surface area (Å²) < 4.78 is 10.4. The molecular weight excluding hydrogens is 458 g/mol. The van der Waals surface area contributed by atoms with Gasteiger partial charge in [-0.3, -0.25) is 14.5 Å². The predicted molar refractivity (Wildman–Crippen MR) is 136 cm³/mol. The molecule has 1 fully saturated rings. The first-order valence-electron chi connectivity index (χ1n) is 11.6. The van der Waals surface area contributed by atoms with Crippen molar-refractivity contribution in [3.8, 4) is 5.75 Å². The van der Waals surface area contributed by atoms with E-state index in [4.69, 9.17) is 9.47 Å². The topological polar surface area (TPSA) is 93.1 Å². The number of ether oxygens (including phenoxy) is 2. The Bertz CT molecular complexity index is 1370. The number of ketones is 1. The molecule has 3 aromatic carbocycles. The van der Waals surface area contributed by atoms with Crippen LogP contribution in [0.25, 0.3) is 5.76 Å². The van der Waals surface area contributed by atoms with Crippen molar-refractivity contribution in [2.24, 2.45) is 0 Å². The minimum absolute atomic E-state index is 0.0222. The van der Waals surface area contributed by atoms with Gasteiger partial charge in [-0.15, -0.1) is 0 Å². The fourth-order valence-corrected chi connectivity index (χ4v) is 4.24. The molecule has 1 heterocycles. The second kappa shape index (κ2) is 10.1. The number of anilines is 1. The molecule has 36 heavy (non-hydrogen) atoms. The van der Waals surface area contributed by atoms with Crippen molar-refractivity contribution in [2.45, 2.75) is 26.8 Å². The molecule has 1 saturated heterocycles. The first-order chi connectivity index (χ1) is 17.3. The van der Waals surface area contributed by atoms with Crippen LogP contribution < -0.4 is 9.64 Å². The number of hydrogen-bond acceptors (Lipinski definition) is 6. The molecular formula is C29H27NO6. The Morgan fingerprint density at radius 3 is 2.28 bits per heavy atom. The zero-order valence-electron chi connectivity index (χ0n) is 20.6. The summed E-state index contributed by atoms with van der Waals surface area (Å²) in [4.78, 5) is 40.1. The average molecular weight is 486 g/mol. The minimum Gasteiger partial charge on any atom is -0.507 e. The molecule has 1 atom stereocenters. The van der Waals surface area contributed by atoms with E-state index >= 15 is 0 Å². The van der Waals surface area contributed by atoms with Gasteiger partial charge >= 0.3 is 5.97 Å². The summed E-state index contributed by atoms with van der Waals surface area (Å²) in [5, 5.41) is 11.3. The minimum atomic E-state index is -0.907. The number of amides is 1. The van der Waals surface area contributed by atoms with Crippen LogP contribution in [0.3, 0.4) is 0 Å². The van der Waals surface area contributed by atoms with Crippen LogP contribution in [0.4, 0.5) is 5.69 Å². The van der Waals surface area contributed by atoms with Crippen LogP contribution in [0.15, 0.2) is 72.3 Å². The van der Waals surface area contributed by atoms with Crippen molar-refractivity contribution in [1.29, 1.82) is 0 Å². The average Bonchev–Trinajstić information content (AvgIpc) is 3.15. The fourth-order valence-electron chi connectivity index (χ4n) is 4.24. The summed E-state index contributed by atoms with van der Waals surface area (Å²) in [7, 11) is 1.53. The van der Waals surface area contributed by atoms with Crippen LogP contribution in [-0.4, -0.2) is 36.5 Å². The van der Waals surface area contributed by atoms with E-state index < -0.39 is 23.7 Å². The van der Waals surface area contributed by atoms with Crippen LogP contribution in [0.2, 0.25) is 0 Å². The molecule has 3 aromatic rings. The molecule has 0 radical (unpaired) electrons. The van der Waals surface area contributed by atoms with E-state index in [1.54, 1.807) is 67.6 Å². The van der Waals surface area contributed by atoms with Gasteiger partial charge in [-0.25, -0.2) is 4.79 Å². The molecule has 0 saturated carbocycles. The molecule has 0 spiro atoms. The number of rotatable bonds is 6. The van der Waals surface area contributed by atoms with Crippen molar-refractivity contribution < 1.29 is 29.0 Å². The Morgan fingerprint density at radius 1 is 0.944 bits per heavy atom. The van der Waals surface area contributed by atoms with E-state index in [0.29, 0.717) is 28.1 Å². The molecule has 0 aromatic heterocycles. The van der Waals surface area contributed by atoms with Gasteiger partial charge in [0.2, 0.25) is 0 Å². The number of methoxy groups -OCH3 is 1. The summed E-state index contributed by atoms with van der Waals surface area (Å²) in [6.45, 7) is 5.82. The lowest BCUT2D eigenvalue weighted by atomic mass is 9.94. The smallest absolute Gasteiger partial charge is 0.338 e. The highest BCUT2D eigenvalue weighted by atomic mass is 16.5. The van der Waals surface area contributed by atoms with Gasteiger partial charge in [0.05, 0.1) is 30.9 Å². The highest BCUT2D eigenvalue weighted by molar-refractivity contribution is 6.51. The molecule has 7 nitrogen and oxygen atoms in total. The third kappa shape index (κ3) is 4.47. The number of Topliss-reactive ketones (excluding diaryl/α,β-unsaturated/α-hetero) is 1. The second-order valence-electron chi connectivity index (χ2n) is 8.51. The SMILES string of the molecule is CCOC(=O)c1ccc(N2C(=O)C(=O)/C(=C(\O)c3ccc(C)c(C)c3)C2c2cccc(OC)c2)cc1. The first kappa shape index (κ1) is 24.7. The first-order valence-corrected chi connectivity index (χ1v) is 11.6. The van der Waals surface area contributed by atoms with Crippen molar-refractivity contribution in [1.82, 2.24) is 0 Å². The largest absolute Gasteiger partial charge is 0.507 e. The maximum atomic E-state index is 13.3. The van der Waals surface area contributed by atoms with Crippen LogP contribution in [-0.2, 0) is 14.3 Å². The quantitative estimate of drug-likeness (QED) is 0.226. The number of aliphatic hydroxyl groups excluding tert-OH is 1. The Morgan fingerprint density at radius 2 is 1.64 bits per heavy atom. The van der Waals surface area contributed by atoms with E-state index in [2.05, 4.69) is 0 Å². The molecule has 1 aliphatic heterocycles. The lowest BCUT2D eigenvalue weighted by molar-refractivity contribution is -0.132. The molecule has 1 N–H and O–H groups in total. The molecule has 0 aliphatic carbocycles. The van der Waals surface area contributed by atoms with E-state index in [0.717, 1.165) is 11.1 Å². The van der Waals surface area contributed by atoms with Crippen molar-refractivity contribution in [3.05, 3.63) is 100 Å². The van der Waals surface area contributed by atoms with Crippen LogP contribution in [0.1, 0.15) is 45.6 Å². The van der Waals surface area contributed by atoms with E-state index in [1.807, 2.05) is 19.9 Å². The number of nitrogens with zero attached hydrogens (tertiary/aromatic N) is 1. The number of carbonyl (C=O) groups excluding carboxylic acids is 3. The van der Waals surface area contributed by atoms with Gasteiger partial charge < -0.3 is 14.6 Å². The third-order valence-corrected chi connectivity index (χ3v) is 6.29. The van der Waals surface area contributed by atoms with Gasteiger partial charge in [0.15, 0.2) is 0 Å². The monoisotopic (exact) mass is 485 g/mol. The Kier molecular flexibility index (Phi) is 6.92. The highest BCUT2D eigenvalue weighted by Gasteiger charge is 2.47. The van der Waals surface area contributed by atoms with Gasteiger partial charge in [0, 0.05) is 11.3 Å². The van der Waals surface area contributed by atoms with E-state index in [9.17, 15) is 19.5 Å². The van der Waals surface area contributed by atoms with Gasteiger partial charge in [-0.1, -0.05) is 24.3 Å². The molecule has 1 amide bonds. The number of carbonyl (C=O) groups is 3. The zero-order valence-corrected chi connectivity index (χ0v) is 20.6. The van der Waals surface area contributed by atoms with Crippen LogP contribution in [0, 0.1) is 13.8 Å². The fraction of sp³-hybridized carbons (Fsp3) is 0.207. The van der Waals surface area contributed by atoms with E-state index in [-0.39, 0.29) is 17.9 Å². The number of aryl methyl sites for hydroxylation is 2. The molecule has 4 rings (SSSR count). The molecule has 1 unspecified atom stereocenters. The summed E-state index contributed by atoms with van der Waals surface area (Å²) in [6.07, 6.45) is 0. The predicted octanol–water partition coefficient (Wildman–Crippen LogP) is 5.12.